The van der Waals surface area contributed by atoms with Crippen LogP contribution in [0, 0.1) is 12.3 Å². The first kappa shape index (κ1) is 21.5. The summed E-state index contributed by atoms with van der Waals surface area (Å²) >= 11 is 12.1. The zero-order valence-corrected chi connectivity index (χ0v) is 17.8. The first-order valence-electron chi connectivity index (χ1n) is 9.50. The number of hydrogen-bond acceptors (Lipinski definition) is 3. The van der Waals surface area contributed by atoms with Crippen molar-refractivity contribution < 1.29 is 14.3 Å². The average Bonchev–Trinajstić information content (AvgIpc) is 2.68. The predicted octanol–water partition coefficient (Wildman–Crippen LogP) is 4.48. The minimum Gasteiger partial charge on any atom is -0.493 e. The third kappa shape index (κ3) is 5.43. The maximum atomic E-state index is 13.0. The number of primary amides is 1. The van der Waals surface area contributed by atoms with Crippen LogP contribution in [0.4, 0.5) is 0 Å². The molecule has 29 heavy (non-hydrogen) atoms. The highest BCUT2D eigenvalue weighted by Gasteiger charge is 2.39. The molecule has 1 heterocycles. The molecule has 154 valence electrons. The fourth-order valence-electron chi connectivity index (χ4n) is 3.81. The number of nitrogens with two attached hydrogens (primary N) is 1. The summed E-state index contributed by atoms with van der Waals surface area (Å²) in [4.78, 5) is 26.5. The van der Waals surface area contributed by atoms with Gasteiger partial charge >= 0.3 is 0 Å². The van der Waals surface area contributed by atoms with Crippen LogP contribution >= 0.6 is 23.2 Å². The normalized spacial score (nSPS) is 19.1. The Bertz CT molecular complexity index is 919. The molecule has 5 nitrogen and oxygen atoms in total. The number of nitrogens with zero attached hydrogens (tertiary/aromatic N) is 1. The highest BCUT2D eigenvalue weighted by Crippen LogP contribution is 2.35. The molecular formula is C22H24Cl2N2O3. The minimum absolute atomic E-state index is 0.108. The van der Waals surface area contributed by atoms with Gasteiger partial charge in [0.15, 0.2) is 0 Å². The van der Waals surface area contributed by atoms with Crippen molar-refractivity contribution in [1.82, 2.24) is 4.90 Å². The Morgan fingerprint density at radius 3 is 2.69 bits per heavy atom. The van der Waals surface area contributed by atoms with Gasteiger partial charge in [0.1, 0.15) is 5.75 Å². The van der Waals surface area contributed by atoms with Crippen LogP contribution in [-0.2, 0) is 4.79 Å². The van der Waals surface area contributed by atoms with Crippen molar-refractivity contribution in [2.24, 2.45) is 11.1 Å². The summed E-state index contributed by atoms with van der Waals surface area (Å²) < 4.78 is 6.01. The van der Waals surface area contributed by atoms with Crippen LogP contribution in [0.5, 0.6) is 5.75 Å². The lowest BCUT2D eigenvalue weighted by Crippen LogP contribution is -2.50. The molecule has 1 aliphatic rings. The highest BCUT2D eigenvalue weighted by molar-refractivity contribution is 6.31. The Kier molecular flexibility index (Phi) is 6.70. The van der Waals surface area contributed by atoms with Gasteiger partial charge in [-0.25, -0.2) is 0 Å². The zero-order valence-electron chi connectivity index (χ0n) is 16.3. The Hall–Kier alpha value is -2.24. The predicted molar refractivity (Wildman–Crippen MR) is 115 cm³/mol. The van der Waals surface area contributed by atoms with E-state index in [-0.39, 0.29) is 18.9 Å². The topological polar surface area (TPSA) is 72.6 Å². The van der Waals surface area contributed by atoms with Crippen LogP contribution in [0.15, 0.2) is 42.5 Å². The van der Waals surface area contributed by atoms with E-state index in [1.807, 2.05) is 13.0 Å². The largest absolute Gasteiger partial charge is 0.493 e. The molecule has 0 unspecified atom stereocenters. The van der Waals surface area contributed by atoms with Crippen molar-refractivity contribution in [3.63, 3.8) is 0 Å². The van der Waals surface area contributed by atoms with Crippen LogP contribution in [-0.4, -0.2) is 36.4 Å². The lowest BCUT2D eigenvalue weighted by Gasteiger charge is -2.42. The Morgan fingerprint density at radius 2 is 2.00 bits per heavy atom. The molecule has 0 radical (unpaired) electrons. The molecule has 1 aliphatic heterocycles. The number of halogens is 2. The molecule has 0 saturated carbocycles. The van der Waals surface area contributed by atoms with Gasteiger partial charge in [-0.3, -0.25) is 9.59 Å². The lowest BCUT2D eigenvalue weighted by atomic mass is 9.77. The van der Waals surface area contributed by atoms with Gasteiger partial charge in [-0.05, 0) is 61.7 Å². The maximum Gasteiger partial charge on any atom is 0.253 e. The van der Waals surface area contributed by atoms with E-state index in [9.17, 15) is 9.59 Å². The van der Waals surface area contributed by atoms with Gasteiger partial charge in [-0.2, -0.15) is 0 Å². The molecule has 0 aliphatic carbocycles. The van der Waals surface area contributed by atoms with Crippen molar-refractivity contribution in [3.05, 3.63) is 63.6 Å². The van der Waals surface area contributed by atoms with E-state index in [4.69, 9.17) is 33.7 Å². The number of piperidine rings is 1. The minimum atomic E-state index is -0.536. The number of aryl methyl sites for hydroxylation is 1. The molecule has 0 bridgehead atoms. The number of carbonyl (C=O) groups excluding carboxylic acids is 2. The van der Waals surface area contributed by atoms with Crippen LogP contribution in [0.1, 0.15) is 35.2 Å². The molecule has 1 atom stereocenters. The molecule has 1 fully saturated rings. The highest BCUT2D eigenvalue weighted by atomic mass is 35.5. The van der Waals surface area contributed by atoms with Crippen molar-refractivity contribution in [1.29, 1.82) is 0 Å². The van der Waals surface area contributed by atoms with Crippen LogP contribution in [0.2, 0.25) is 10.0 Å². The number of benzene rings is 2. The van der Waals surface area contributed by atoms with Crippen molar-refractivity contribution in [2.45, 2.75) is 26.2 Å². The monoisotopic (exact) mass is 434 g/mol. The maximum absolute atomic E-state index is 13.0. The molecule has 7 heteroatoms. The molecular weight excluding hydrogens is 411 g/mol. The number of ether oxygens (including phenoxy) is 1. The summed E-state index contributed by atoms with van der Waals surface area (Å²) in [6, 6.07) is 12.3. The van der Waals surface area contributed by atoms with Crippen molar-refractivity contribution in [3.8, 4) is 5.75 Å². The van der Waals surface area contributed by atoms with Gasteiger partial charge in [0.05, 0.1) is 6.61 Å². The summed E-state index contributed by atoms with van der Waals surface area (Å²) in [7, 11) is 0. The summed E-state index contributed by atoms with van der Waals surface area (Å²) in [6.07, 6.45) is 1.67. The second kappa shape index (κ2) is 9.06. The van der Waals surface area contributed by atoms with Gasteiger partial charge in [0.25, 0.3) is 5.91 Å². The summed E-state index contributed by atoms with van der Waals surface area (Å²) in [6.45, 7) is 3.20. The fourth-order valence-corrected chi connectivity index (χ4v) is 4.12. The summed E-state index contributed by atoms with van der Waals surface area (Å²) in [5.41, 5.74) is 6.45. The quantitative estimate of drug-likeness (QED) is 0.727. The van der Waals surface area contributed by atoms with Gasteiger partial charge in [0.2, 0.25) is 5.91 Å². The molecule has 0 spiro atoms. The molecule has 2 aromatic carbocycles. The Labute approximate surface area is 180 Å². The van der Waals surface area contributed by atoms with E-state index >= 15 is 0 Å². The van der Waals surface area contributed by atoms with Gasteiger partial charge in [-0.1, -0.05) is 29.3 Å². The zero-order chi connectivity index (χ0) is 21.0. The molecule has 1 saturated heterocycles. The first-order valence-corrected chi connectivity index (χ1v) is 10.3. The van der Waals surface area contributed by atoms with Crippen LogP contribution in [0.25, 0.3) is 0 Å². The fraction of sp³-hybridized carbons (Fsp3) is 0.364. The third-order valence-electron chi connectivity index (χ3n) is 5.24. The third-order valence-corrected chi connectivity index (χ3v) is 5.90. The second-order valence-electron chi connectivity index (χ2n) is 7.68. The van der Waals surface area contributed by atoms with Crippen LogP contribution < -0.4 is 10.5 Å². The molecule has 2 amide bonds. The SMILES string of the molecule is Cc1cc(OC[C@@]2(CC(N)=O)CCCN(C(=O)c3cccc(Cl)c3)C2)ccc1Cl. The van der Waals surface area contributed by atoms with Crippen molar-refractivity contribution in [2.75, 3.05) is 19.7 Å². The second-order valence-corrected chi connectivity index (χ2v) is 8.53. The van der Waals surface area contributed by atoms with Gasteiger partial charge in [0, 0.05) is 40.5 Å². The van der Waals surface area contributed by atoms with E-state index in [0.29, 0.717) is 34.4 Å². The summed E-state index contributed by atoms with van der Waals surface area (Å²) in [5.74, 6) is 0.162. The van der Waals surface area contributed by atoms with Gasteiger partial charge < -0.3 is 15.4 Å². The first-order chi connectivity index (χ1) is 13.8. The van der Waals surface area contributed by atoms with E-state index < -0.39 is 11.3 Å². The standard InChI is InChI=1S/C22H24Cl2N2O3/c1-15-10-18(6-7-19(15)24)29-14-22(12-20(25)27)8-3-9-26(13-22)21(28)16-4-2-5-17(23)11-16/h2,4-7,10-11H,3,8-9,12-14H2,1H3,(H2,25,27)/t22-/m1/s1. The average molecular weight is 435 g/mol. The molecule has 3 rings (SSSR count). The summed E-state index contributed by atoms with van der Waals surface area (Å²) in [5, 5.41) is 1.18. The van der Waals surface area contributed by atoms with Gasteiger partial charge in [-0.15, -0.1) is 0 Å². The lowest BCUT2D eigenvalue weighted by molar-refractivity contribution is -0.122. The van der Waals surface area contributed by atoms with E-state index in [0.717, 1.165) is 18.4 Å². The Balaban J connectivity index is 1.78. The van der Waals surface area contributed by atoms with Crippen molar-refractivity contribution >= 4 is 35.0 Å². The molecule has 0 aromatic heterocycles. The Morgan fingerprint density at radius 1 is 1.21 bits per heavy atom. The number of amides is 2. The van der Waals surface area contributed by atoms with E-state index in [1.54, 1.807) is 41.3 Å². The van der Waals surface area contributed by atoms with E-state index in [1.165, 1.54) is 0 Å². The number of rotatable bonds is 6. The molecule has 2 aromatic rings. The number of hydrogen-bond donors (Lipinski definition) is 1. The van der Waals surface area contributed by atoms with E-state index in [2.05, 4.69) is 0 Å². The smallest absolute Gasteiger partial charge is 0.253 e. The number of carbonyl (C=O) groups is 2. The molecule has 2 N–H and O–H groups in total. The number of likely N-dealkylation sites (tertiary alicyclic amines) is 1. The van der Waals surface area contributed by atoms with Crippen LogP contribution in [0.3, 0.4) is 0 Å².